The molecule has 2 rings (SSSR count). The second-order valence-corrected chi connectivity index (χ2v) is 6.98. The molecular formula is C14H26N2OS. The van der Waals surface area contributed by atoms with Crippen LogP contribution in [0.25, 0.3) is 0 Å². The lowest BCUT2D eigenvalue weighted by Crippen LogP contribution is -2.49. The topological polar surface area (TPSA) is 32.3 Å². The van der Waals surface area contributed by atoms with E-state index in [1.165, 1.54) is 24.3 Å². The van der Waals surface area contributed by atoms with Crippen molar-refractivity contribution in [3.63, 3.8) is 0 Å². The van der Waals surface area contributed by atoms with Crippen LogP contribution in [0.1, 0.15) is 39.5 Å². The van der Waals surface area contributed by atoms with Crippen LogP contribution in [-0.4, -0.2) is 47.5 Å². The molecule has 1 unspecified atom stereocenters. The molecular weight excluding hydrogens is 244 g/mol. The molecule has 0 aromatic carbocycles. The number of hydrogen-bond acceptors (Lipinski definition) is 3. The molecule has 1 atom stereocenters. The minimum atomic E-state index is 0.143. The van der Waals surface area contributed by atoms with Gasteiger partial charge in [-0.2, -0.15) is 11.8 Å². The van der Waals surface area contributed by atoms with Crippen LogP contribution in [0.15, 0.2) is 0 Å². The zero-order valence-electron chi connectivity index (χ0n) is 11.7. The van der Waals surface area contributed by atoms with E-state index < -0.39 is 0 Å². The number of nitrogens with one attached hydrogen (secondary N) is 1. The van der Waals surface area contributed by atoms with E-state index in [0.717, 1.165) is 25.9 Å². The number of carbonyl (C=O) groups is 1. The second-order valence-electron chi connectivity index (χ2n) is 5.83. The van der Waals surface area contributed by atoms with Gasteiger partial charge in [0.25, 0.3) is 0 Å². The lowest BCUT2D eigenvalue weighted by atomic mass is 10.0. The van der Waals surface area contributed by atoms with Gasteiger partial charge in [0.05, 0.1) is 0 Å². The van der Waals surface area contributed by atoms with Gasteiger partial charge < -0.3 is 10.2 Å². The Labute approximate surface area is 115 Å². The Morgan fingerprint density at radius 2 is 1.94 bits per heavy atom. The van der Waals surface area contributed by atoms with Crippen molar-refractivity contribution in [3.05, 3.63) is 0 Å². The summed E-state index contributed by atoms with van der Waals surface area (Å²) in [6, 6.07) is 1.34. The highest BCUT2D eigenvalue weighted by Gasteiger charge is 2.26. The summed E-state index contributed by atoms with van der Waals surface area (Å²) in [5.41, 5.74) is 0. The Morgan fingerprint density at radius 3 is 2.50 bits per heavy atom. The highest BCUT2D eigenvalue weighted by molar-refractivity contribution is 7.99. The van der Waals surface area contributed by atoms with E-state index >= 15 is 0 Å². The summed E-state index contributed by atoms with van der Waals surface area (Å²) in [6.45, 7) is 5.86. The van der Waals surface area contributed by atoms with Crippen LogP contribution < -0.4 is 5.32 Å². The number of amides is 1. The van der Waals surface area contributed by atoms with Crippen molar-refractivity contribution < 1.29 is 4.79 Å². The maximum atomic E-state index is 11.9. The normalized spacial score (nSPS) is 26.6. The van der Waals surface area contributed by atoms with E-state index in [1.54, 1.807) is 0 Å². The third-order valence-electron chi connectivity index (χ3n) is 3.93. The molecule has 2 fully saturated rings. The Morgan fingerprint density at radius 1 is 1.22 bits per heavy atom. The highest BCUT2D eigenvalue weighted by Crippen LogP contribution is 2.20. The van der Waals surface area contributed by atoms with Gasteiger partial charge in [-0.3, -0.25) is 4.79 Å². The lowest BCUT2D eigenvalue weighted by Gasteiger charge is -2.36. The summed E-state index contributed by atoms with van der Waals surface area (Å²) in [5, 5.41) is 3.79. The summed E-state index contributed by atoms with van der Waals surface area (Å²) in [4.78, 5) is 13.9. The van der Waals surface area contributed by atoms with Gasteiger partial charge in [0.15, 0.2) is 0 Å². The highest BCUT2D eigenvalue weighted by atomic mass is 32.2. The first kappa shape index (κ1) is 14.2. The number of piperidine rings is 1. The first-order valence-corrected chi connectivity index (χ1v) is 8.45. The molecule has 2 saturated heterocycles. The van der Waals surface area contributed by atoms with Crippen LogP contribution in [0.4, 0.5) is 0 Å². The van der Waals surface area contributed by atoms with Crippen LogP contribution in [0.3, 0.4) is 0 Å². The number of carbonyl (C=O) groups excluding carboxylic acids is 1. The molecule has 1 amide bonds. The number of nitrogens with zero attached hydrogens (tertiary/aromatic N) is 1. The van der Waals surface area contributed by atoms with Gasteiger partial charge in [-0.1, -0.05) is 13.8 Å². The van der Waals surface area contributed by atoms with Crippen LogP contribution in [0, 0.1) is 5.92 Å². The number of hydrogen-bond donors (Lipinski definition) is 1. The quantitative estimate of drug-likeness (QED) is 0.852. The number of likely N-dealkylation sites (tertiary alicyclic amines) is 1. The van der Waals surface area contributed by atoms with Crippen LogP contribution in [0.5, 0.6) is 0 Å². The van der Waals surface area contributed by atoms with Gasteiger partial charge in [0.2, 0.25) is 5.91 Å². The fourth-order valence-electron chi connectivity index (χ4n) is 2.84. The van der Waals surface area contributed by atoms with E-state index in [9.17, 15) is 4.79 Å². The molecule has 0 radical (unpaired) electrons. The zero-order chi connectivity index (χ0) is 13.0. The predicted octanol–water partition coefficient (Wildman–Crippen LogP) is 2.12. The van der Waals surface area contributed by atoms with E-state index in [4.69, 9.17) is 0 Å². The van der Waals surface area contributed by atoms with Crippen LogP contribution >= 0.6 is 11.8 Å². The molecule has 2 aliphatic rings. The summed E-state index contributed by atoms with van der Waals surface area (Å²) < 4.78 is 0. The maximum Gasteiger partial charge on any atom is 0.225 e. The monoisotopic (exact) mass is 270 g/mol. The summed E-state index contributed by atoms with van der Waals surface area (Å²) in [6.07, 6.45) is 4.93. The third kappa shape index (κ3) is 3.89. The molecule has 1 N–H and O–H groups in total. The van der Waals surface area contributed by atoms with E-state index in [-0.39, 0.29) is 5.92 Å². The van der Waals surface area contributed by atoms with Gasteiger partial charge in [-0.15, -0.1) is 0 Å². The van der Waals surface area contributed by atoms with E-state index in [0.29, 0.717) is 18.0 Å². The molecule has 0 saturated carbocycles. The van der Waals surface area contributed by atoms with Crippen molar-refractivity contribution in [2.45, 2.75) is 51.6 Å². The van der Waals surface area contributed by atoms with Crippen LogP contribution in [0.2, 0.25) is 0 Å². The summed E-state index contributed by atoms with van der Waals surface area (Å²) in [5.74, 6) is 3.07. The van der Waals surface area contributed by atoms with Crippen molar-refractivity contribution in [2.24, 2.45) is 5.92 Å². The molecule has 18 heavy (non-hydrogen) atoms. The molecule has 0 aromatic heterocycles. The predicted molar refractivity (Wildman–Crippen MR) is 77.9 cm³/mol. The minimum absolute atomic E-state index is 0.143. The second kappa shape index (κ2) is 6.80. The molecule has 104 valence electrons. The maximum absolute atomic E-state index is 11.9. The Balaban J connectivity index is 1.71. The average Bonchev–Trinajstić information content (AvgIpc) is 2.40. The van der Waals surface area contributed by atoms with Gasteiger partial charge in [0, 0.05) is 36.8 Å². The lowest BCUT2D eigenvalue weighted by molar-refractivity contribution is -0.135. The van der Waals surface area contributed by atoms with Gasteiger partial charge in [-0.05, 0) is 31.4 Å². The van der Waals surface area contributed by atoms with Gasteiger partial charge in [0.1, 0.15) is 0 Å². The van der Waals surface area contributed by atoms with Gasteiger partial charge >= 0.3 is 0 Å². The largest absolute Gasteiger partial charge is 0.342 e. The molecule has 3 nitrogen and oxygen atoms in total. The number of rotatable bonds is 3. The molecule has 2 aliphatic heterocycles. The molecule has 2 heterocycles. The SMILES string of the molecule is CC(C)C(=O)N1CCC(NC2CCCSC2)CC1. The van der Waals surface area contributed by atoms with E-state index in [2.05, 4.69) is 17.1 Å². The standard InChI is InChI=1S/C14H26N2OS/c1-11(2)14(17)16-7-5-12(6-8-16)15-13-4-3-9-18-10-13/h11-13,15H,3-10H2,1-2H3. The Bertz CT molecular complexity index is 269. The molecule has 0 aromatic rings. The Kier molecular flexibility index (Phi) is 5.37. The fraction of sp³-hybridized carbons (Fsp3) is 0.929. The van der Waals surface area contributed by atoms with Crippen molar-refractivity contribution in [2.75, 3.05) is 24.6 Å². The van der Waals surface area contributed by atoms with Crippen molar-refractivity contribution in [1.29, 1.82) is 0 Å². The molecule has 0 spiro atoms. The first-order valence-electron chi connectivity index (χ1n) is 7.29. The zero-order valence-corrected chi connectivity index (χ0v) is 12.5. The van der Waals surface area contributed by atoms with Crippen molar-refractivity contribution in [3.8, 4) is 0 Å². The van der Waals surface area contributed by atoms with Crippen molar-refractivity contribution >= 4 is 17.7 Å². The minimum Gasteiger partial charge on any atom is -0.342 e. The molecule has 0 bridgehead atoms. The van der Waals surface area contributed by atoms with Crippen molar-refractivity contribution in [1.82, 2.24) is 10.2 Å². The summed E-state index contributed by atoms with van der Waals surface area (Å²) >= 11 is 2.07. The Hall–Kier alpha value is -0.220. The fourth-order valence-corrected chi connectivity index (χ4v) is 3.92. The first-order chi connectivity index (χ1) is 8.66. The van der Waals surface area contributed by atoms with Crippen LogP contribution in [-0.2, 0) is 4.79 Å². The third-order valence-corrected chi connectivity index (χ3v) is 5.15. The summed E-state index contributed by atoms with van der Waals surface area (Å²) in [7, 11) is 0. The average molecular weight is 270 g/mol. The number of thioether (sulfide) groups is 1. The molecule has 4 heteroatoms. The van der Waals surface area contributed by atoms with Gasteiger partial charge in [-0.25, -0.2) is 0 Å². The van der Waals surface area contributed by atoms with E-state index in [1.807, 2.05) is 18.7 Å². The molecule has 0 aliphatic carbocycles. The smallest absolute Gasteiger partial charge is 0.225 e.